The number of hydrogen-bond acceptors (Lipinski definition) is 3. The number of rotatable bonds is 2. The third kappa shape index (κ3) is 2.18. The smallest absolute Gasteiger partial charge is 0.339 e. The number of hydrogen-bond donors (Lipinski definition) is 1. The highest BCUT2D eigenvalue weighted by Gasteiger charge is 2.13. The van der Waals surface area contributed by atoms with Crippen molar-refractivity contribution in [3.8, 4) is 11.1 Å². The molecule has 2 aromatic rings. The molecule has 2 aromatic carbocycles. The van der Waals surface area contributed by atoms with E-state index in [2.05, 4.69) is 4.74 Å². The first-order valence-corrected chi connectivity index (χ1v) is 5.36. The molecule has 92 valence electrons. The molecule has 0 aliphatic heterocycles. The maximum Gasteiger partial charge on any atom is 0.339 e. The summed E-state index contributed by atoms with van der Waals surface area (Å²) in [7, 11) is 1.30. The van der Waals surface area contributed by atoms with Crippen molar-refractivity contribution in [2.45, 2.75) is 0 Å². The monoisotopic (exact) mass is 245 g/mol. The fourth-order valence-electron chi connectivity index (χ4n) is 1.73. The third-order valence-corrected chi connectivity index (χ3v) is 2.67. The molecule has 0 fully saturated rings. The van der Waals surface area contributed by atoms with Crippen LogP contribution in [-0.4, -0.2) is 13.1 Å². The Balaban J connectivity index is 2.52. The molecule has 0 aliphatic rings. The molecule has 0 atom stereocenters. The van der Waals surface area contributed by atoms with Gasteiger partial charge in [0, 0.05) is 5.56 Å². The number of nitrogen functional groups attached to an aromatic ring is 1. The van der Waals surface area contributed by atoms with Gasteiger partial charge in [0.15, 0.2) is 0 Å². The second kappa shape index (κ2) is 4.87. The average molecular weight is 245 g/mol. The normalized spacial score (nSPS) is 10.1. The first-order valence-electron chi connectivity index (χ1n) is 5.36. The maximum absolute atomic E-state index is 12.9. The highest BCUT2D eigenvalue weighted by Crippen LogP contribution is 2.29. The van der Waals surface area contributed by atoms with Crippen LogP contribution in [0.25, 0.3) is 11.1 Å². The Morgan fingerprint density at radius 3 is 2.44 bits per heavy atom. The predicted molar refractivity (Wildman–Crippen MR) is 67.6 cm³/mol. The van der Waals surface area contributed by atoms with E-state index in [9.17, 15) is 9.18 Å². The topological polar surface area (TPSA) is 52.3 Å². The minimum atomic E-state index is -0.489. The molecule has 2 N–H and O–H groups in total. The number of carbonyl (C=O) groups is 1. The lowest BCUT2D eigenvalue weighted by Crippen LogP contribution is -2.06. The zero-order valence-corrected chi connectivity index (χ0v) is 9.81. The van der Waals surface area contributed by atoms with E-state index < -0.39 is 5.97 Å². The summed E-state index contributed by atoms with van der Waals surface area (Å²) in [6, 6.07) is 11.0. The summed E-state index contributed by atoms with van der Waals surface area (Å²) in [5, 5.41) is 0. The lowest BCUT2D eigenvalue weighted by molar-refractivity contribution is 0.0602. The van der Waals surface area contributed by atoms with Crippen LogP contribution < -0.4 is 5.73 Å². The lowest BCUT2D eigenvalue weighted by atomic mass is 10.0. The summed E-state index contributed by atoms with van der Waals surface area (Å²) in [5.41, 5.74) is 8.00. The number of benzene rings is 2. The van der Waals surface area contributed by atoms with Crippen LogP contribution in [0.3, 0.4) is 0 Å². The molecule has 3 nitrogen and oxygen atoms in total. The summed E-state index contributed by atoms with van der Waals surface area (Å²) in [5.74, 6) is -0.807. The van der Waals surface area contributed by atoms with E-state index in [-0.39, 0.29) is 5.82 Å². The number of ether oxygens (including phenoxy) is 1. The predicted octanol–water partition coefficient (Wildman–Crippen LogP) is 2.86. The molecule has 0 bridgehead atoms. The fourth-order valence-corrected chi connectivity index (χ4v) is 1.73. The summed E-state index contributed by atoms with van der Waals surface area (Å²) >= 11 is 0. The number of methoxy groups -OCH3 is 1. The van der Waals surface area contributed by atoms with Gasteiger partial charge in [-0.2, -0.15) is 0 Å². The Morgan fingerprint density at radius 2 is 1.83 bits per heavy atom. The van der Waals surface area contributed by atoms with Crippen molar-refractivity contribution in [1.82, 2.24) is 0 Å². The molecule has 18 heavy (non-hydrogen) atoms. The first kappa shape index (κ1) is 12.1. The fraction of sp³-hybridized carbons (Fsp3) is 0.0714. The highest BCUT2D eigenvalue weighted by atomic mass is 19.1. The number of carbonyl (C=O) groups excluding carboxylic acids is 1. The Morgan fingerprint density at radius 1 is 1.17 bits per heavy atom. The van der Waals surface area contributed by atoms with Crippen LogP contribution in [0.4, 0.5) is 10.1 Å². The molecular weight excluding hydrogens is 233 g/mol. The number of halogens is 1. The number of esters is 1. The molecule has 0 amide bonds. The molecule has 0 spiro atoms. The van der Waals surface area contributed by atoms with Gasteiger partial charge in [-0.3, -0.25) is 0 Å². The molecular formula is C14H12FNO2. The summed E-state index contributed by atoms with van der Waals surface area (Å²) in [4.78, 5) is 11.5. The Labute approximate surface area is 104 Å². The van der Waals surface area contributed by atoms with Crippen molar-refractivity contribution in [3.05, 3.63) is 53.8 Å². The number of anilines is 1. The van der Waals surface area contributed by atoms with E-state index in [1.54, 1.807) is 30.3 Å². The number of para-hydroxylation sites is 1. The van der Waals surface area contributed by atoms with Crippen molar-refractivity contribution >= 4 is 11.7 Å². The van der Waals surface area contributed by atoms with Crippen molar-refractivity contribution in [2.75, 3.05) is 12.8 Å². The van der Waals surface area contributed by atoms with E-state index in [1.807, 2.05) is 0 Å². The van der Waals surface area contributed by atoms with Crippen molar-refractivity contribution in [2.24, 2.45) is 0 Å². The minimum Gasteiger partial charge on any atom is -0.465 e. The van der Waals surface area contributed by atoms with Crippen molar-refractivity contribution < 1.29 is 13.9 Å². The van der Waals surface area contributed by atoms with Gasteiger partial charge in [-0.25, -0.2) is 9.18 Å². The maximum atomic E-state index is 12.9. The van der Waals surface area contributed by atoms with Gasteiger partial charge in [-0.15, -0.1) is 0 Å². The van der Waals surface area contributed by atoms with Gasteiger partial charge in [0.25, 0.3) is 0 Å². The van der Waals surface area contributed by atoms with Crippen LogP contribution in [-0.2, 0) is 4.74 Å². The standard InChI is InChI=1S/C14H12FNO2/c1-18-14(17)12-4-2-3-11(13(12)16)9-5-7-10(15)8-6-9/h2-8H,16H2,1H3. The van der Waals surface area contributed by atoms with Gasteiger partial charge in [0.1, 0.15) is 5.82 Å². The molecule has 0 radical (unpaired) electrons. The van der Waals surface area contributed by atoms with E-state index in [1.165, 1.54) is 19.2 Å². The molecule has 0 saturated heterocycles. The largest absolute Gasteiger partial charge is 0.465 e. The van der Waals surface area contributed by atoms with Gasteiger partial charge in [0.05, 0.1) is 18.4 Å². The van der Waals surface area contributed by atoms with E-state index >= 15 is 0 Å². The van der Waals surface area contributed by atoms with Crippen LogP contribution in [0.2, 0.25) is 0 Å². The van der Waals surface area contributed by atoms with Gasteiger partial charge in [-0.1, -0.05) is 24.3 Å². The molecule has 0 aliphatic carbocycles. The summed E-state index contributed by atoms with van der Waals surface area (Å²) in [6.45, 7) is 0. The molecule has 4 heteroatoms. The average Bonchev–Trinajstić information content (AvgIpc) is 2.39. The molecule has 2 rings (SSSR count). The zero-order valence-electron chi connectivity index (χ0n) is 9.81. The van der Waals surface area contributed by atoms with Gasteiger partial charge in [0.2, 0.25) is 0 Å². The van der Waals surface area contributed by atoms with Gasteiger partial charge >= 0.3 is 5.97 Å². The van der Waals surface area contributed by atoms with Crippen LogP contribution in [0.5, 0.6) is 0 Å². The Kier molecular flexibility index (Phi) is 3.28. The van der Waals surface area contributed by atoms with E-state index in [0.29, 0.717) is 16.8 Å². The van der Waals surface area contributed by atoms with Crippen LogP contribution >= 0.6 is 0 Å². The van der Waals surface area contributed by atoms with Crippen molar-refractivity contribution in [3.63, 3.8) is 0 Å². The van der Waals surface area contributed by atoms with Crippen LogP contribution in [0, 0.1) is 5.82 Å². The Bertz CT molecular complexity index is 579. The third-order valence-electron chi connectivity index (χ3n) is 2.67. The number of nitrogens with two attached hydrogens (primary N) is 1. The Hall–Kier alpha value is -2.36. The lowest BCUT2D eigenvalue weighted by Gasteiger charge is -2.09. The van der Waals surface area contributed by atoms with Crippen LogP contribution in [0.1, 0.15) is 10.4 Å². The van der Waals surface area contributed by atoms with Gasteiger partial charge in [-0.05, 0) is 23.8 Å². The zero-order chi connectivity index (χ0) is 13.1. The minimum absolute atomic E-state index is 0.305. The second-order valence-electron chi connectivity index (χ2n) is 3.77. The van der Waals surface area contributed by atoms with Crippen LogP contribution in [0.15, 0.2) is 42.5 Å². The molecule has 0 heterocycles. The summed E-state index contributed by atoms with van der Waals surface area (Å²) in [6.07, 6.45) is 0. The summed E-state index contributed by atoms with van der Waals surface area (Å²) < 4.78 is 17.5. The van der Waals surface area contributed by atoms with E-state index in [4.69, 9.17) is 5.73 Å². The first-order chi connectivity index (χ1) is 8.63. The second-order valence-corrected chi connectivity index (χ2v) is 3.77. The van der Waals surface area contributed by atoms with E-state index in [0.717, 1.165) is 5.56 Å². The van der Waals surface area contributed by atoms with Crippen molar-refractivity contribution in [1.29, 1.82) is 0 Å². The SMILES string of the molecule is COC(=O)c1cccc(-c2ccc(F)cc2)c1N. The molecule has 0 saturated carbocycles. The highest BCUT2D eigenvalue weighted by molar-refractivity contribution is 5.99. The molecule has 0 aromatic heterocycles. The quantitative estimate of drug-likeness (QED) is 0.653. The van der Waals surface area contributed by atoms with Gasteiger partial charge < -0.3 is 10.5 Å². The molecule has 0 unspecified atom stereocenters.